The Hall–Kier alpha value is 0.270. The van der Waals surface area contributed by atoms with Gasteiger partial charge in [0.25, 0.3) is 0 Å². The Morgan fingerprint density at radius 2 is 1.62 bits per heavy atom. The predicted octanol–water partition coefficient (Wildman–Crippen LogP) is 2.57. The molecular formula is C13H28N2S. The minimum atomic E-state index is 0.238. The molecule has 96 valence electrons. The van der Waals surface area contributed by atoms with Crippen molar-refractivity contribution in [2.75, 3.05) is 13.1 Å². The second kappa shape index (κ2) is 5.28. The van der Waals surface area contributed by atoms with E-state index in [1.165, 1.54) is 13.1 Å². The molecule has 1 aliphatic rings. The Labute approximate surface area is 105 Å². The Morgan fingerprint density at radius 3 is 1.94 bits per heavy atom. The Bertz CT molecular complexity index is 212. The van der Waals surface area contributed by atoms with Crippen molar-refractivity contribution in [1.29, 1.82) is 0 Å². The zero-order valence-corrected chi connectivity index (χ0v) is 12.5. The van der Waals surface area contributed by atoms with Crippen LogP contribution in [0.5, 0.6) is 0 Å². The van der Waals surface area contributed by atoms with E-state index in [-0.39, 0.29) is 11.5 Å². The molecule has 2 nitrogen and oxygen atoms in total. The summed E-state index contributed by atoms with van der Waals surface area (Å²) in [5, 5.41) is 1.46. The summed E-state index contributed by atoms with van der Waals surface area (Å²) in [6.45, 7) is 16.1. The minimum absolute atomic E-state index is 0.238. The number of hydrogen-bond donors (Lipinski definition) is 1. The van der Waals surface area contributed by atoms with Crippen molar-refractivity contribution in [3.8, 4) is 0 Å². The van der Waals surface area contributed by atoms with Crippen LogP contribution in [0.2, 0.25) is 0 Å². The molecule has 1 aliphatic heterocycles. The van der Waals surface area contributed by atoms with E-state index in [9.17, 15) is 0 Å². The fourth-order valence-electron chi connectivity index (χ4n) is 3.11. The molecule has 4 atom stereocenters. The Balaban J connectivity index is 2.78. The third-order valence-corrected chi connectivity index (χ3v) is 4.45. The topological polar surface area (TPSA) is 29.3 Å². The van der Waals surface area contributed by atoms with E-state index in [4.69, 9.17) is 5.73 Å². The summed E-state index contributed by atoms with van der Waals surface area (Å²) in [5.74, 6) is 0. The monoisotopic (exact) mass is 244 g/mol. The lowest BCUT2D eigenvalue weighted by atomic mass is 9.81. The molecule has 0 aromatic carbocycles. The molecule has 1 heterocycles. The quantitative estimate of drug-likeness (QED) is 0.809. The number of rotatable bonds is 2. The van der Waals surface area contributed by atoms with Gasteiger partial charge in [0.1, 0.15) is 0 Å². The maximum atomic E-state index is 6.20. The lowest BCUT2D eigenvalue weighted by molar-refractivity contribution is 0.0805. The Kier molecular flexibility index (Phi) is 4.73. The standard InChI is InChI=1S/C13H28N2S/c1-9-7-15(8-10(2)16-9)12(11(3)14)13(4,5)6/h9-12H,7-8,14H2,1-6H3. The van der Waals surface area contributed by atoms with Crippen LogP contribution in [0, 0.1) is 5.41 Å². The number of hydrogen-bond acceptors (Lipinski definition) is 3. The van der Waals surface area contributed by atoms with E-state index < -0.39 is 0 Å². The molecule has 16 heavy (non-hydrogen) atoms. The van der Waals surface area contributed by atoms with Gasteiger partial charge in [-0.25, -0.2) is 0 Å². The summed E-state index contributed by atoms with van der Waals surface area (Å²) in [6, 6.07) is 0.723. The van der Waals surface area contributed by atoms with Gasteiger partial charge in [0.2, 0.25) is 0 Å². The fourth-order valence-corrected chi connectivity index (χ4v) is 4.46. The van der Waals surface area contributed by atoms with E-state index in [1.807, 2.05) is 0 Å². The first-order valence-corrected chi connectivity index (χ1v) is 7.31. The van der Waals surface area contributed by atoms with E-state index in [2.05, 4.69) is 58.2 Å². The van der Waals surface area contributed by atoms with Crippen LogP contribution in [0.4, 0.5) is 0 Å². The molecular weight excluding hydrogens is 216 g/mol. The van der Waals surface area contributed by atoms with Gasteiger partial charge in [-0.05, 0) is 12.3 Å². The van der Waals surface area contributed by atoms with Crippen molar-refractivity contribution in [2.45, 2.75) is 64.1 Å². The average molecular weight is 244 g/mol. The van der Waals surface area contributed by atoms with Crippen LogP contribution in [-0.2, 0) is 0 Å². The lowest BCUT2D eigenvalue weighted by Crippen LogP contribution is -2.57. The highest BCUT2D eigenvalue weighted by atomic mass is 32.2. The van der Waals surface area contributed by atoms with Crippen molar-refractivity contribution < 1.29 is 0 Å². The van der Waals surface area contributed by atoms with Gasteiger partial charge in [-0.15, -0.1) is 0 Å². The van der Waals surface area contributed by atoms with Gasteiger partial charge in [0.15, 0.2) is 0 Å². The summed E-state index contributed by atoms with van der Waals surface area (Å²) in [4.78, 5) is 2.61. The van der Waals surface area contributed by atoms with E-state index >= 15 is 0 Å². The number of thioether (sulfide) groups is 1. The summed E-state index contributed by atoms with van der Waals surface area (Å²) in [7, 11) is 0. The van der Waals surface area contributed by atoms with Gasteiger partial charge >= 0.3 is 0 Å². The molecule has 0 spiro atoms. The van der Waals surface area contributed by atoms with E-state index in [0.717, 1.165) is 10.5 Å². The van der Waals surface area contributed by atoms with Crippen molar-refractivity contribution in [3.05, 3.63) is 0 Å². The molecule has 0 saturated carbocycles. The molecule has 0 amide bonds. The van der Waals surface area contributed by atoms with Gasteiger partial charge in [-0.1, -0.05) is 34.6 Å². The molecule has 1 fully saturated rings. The number of nitrogens with zero attached hydrogens (tertiary/aromatic N) is 1. The second-order valence-corrected chi connectivity index (χ2v) is 8.26. The highest BCUT2D eigenvalue weighted by molar-refractivity contribution is 8.00. The zero-order chi connectivity index (χ0) is 12.5. The van der Waals surface area contributed by atoms with Crippen LogP contribution in [0.15, 0.2) is 0 Å². The van der Waals surface area contributed by atoms with Gasteiger partial charge in [-0.2, -0.15) is 11.8 Å². The average Bonchev–Trinajstić information content (AvgIpc) is 1.96. The van der Waals surface area contributed by atoms with Crippen LogP contribution in [0.3, 0.4) is 0 Å². The SMILES string of the molecule is CC1CN(C(C(C)N)C(C)(C)C)CC(C)S1. The van der Waals surface area contributed by atoms with Crippen molar-refractivity contribution in [3.63, 3.8) is 0 Å². The first-order valence-electron chi connectivity index (χ1n) is 6.37. The largest absolute Gasteiger partial charge is 0.327 e. The zero-order valence-electron chi connectivity index (χ0n) is 11.7. The Morgan fingerprint density at radius 1 is 1.19 bits per heavy atom. The maximum Gasteiger partial charge on any atom is 0.0293 e. The second-order valence-electron chi connectivity index (χ2n) is 6.38. The molecule has 0 aromatic rings. The first kappa shape index (κ1) is 14.3. The smallest absolute Gasteiger partial charge is 0.0293 e. The molecule has 0 aromatic heterocycles. The molecule has 1 saturated heterocycles. The molecule has 4 unspecified atom stereocenters. The van der Waals surface area contributed by atoms with Gasteiger partial charge in [0, 0.05) is 35.7 Å². The van der Waals surface area contributed by atoms with Crippen molar-refractivity contribution in [2.24, 2.45) is 11.1 Å². The molecule has 0 radical (unpaired) electrons. The summed E-state index contributed by atoms with van der Waals surface area (Å²) in [6.07, 6.45) is 0. The maximum absolute atomic E-state index is 6.20. The van der Waals surface area contributed by atoms with Crippen LogP contribution < -0.4 is 5.73 Å². The summed E-state index contributed by atoms with van der Waals surface area (Å²) in [5.41, 5.74) is 6.46. The highest BCUT2D eigenvalue weighted by Crippen LogP contribution is 2.32. The number of nitrogens with two attached hydrogens (primary N) is 1. The van der Waals surface area contributed by atoms with Crippen LogP contribution in [0.1, 0.15) is 41.5 Å². The third kappa shape index (κ3) is 3.64. The van der Waals surface area contributed by atoms with Crippen LogP contribution in [0.25, 0.3) is 0 Å². The molecule has 3 heteroatoms. The van der Waals surface area contributed by atoms with Crippen LogP contribution >= 0.6 is 11.8 Å². The van der Waals surface area contributed by atoms with Gasteiger partial charge < -0.3 is 5.73 Å². The lowest BCUT2D eigenvalue weighted by Gasteiger charge is -2.47. The molecule has 2 N–H and O–H groups in total. The summed E-state index contributed by atoms with van der Waals surface area (Å²) < 4.78 is 0. The minimum Gasteiger partial charge on any atom is -0.327 e. The highest BCUT2D eigenvalue weighted by Gasteiger charge is 2.36. The van der Waals surface area contributed by atoms with Crippen molar-refractivity contribution in [1.82, 2.24) is 4.90 Å². The molecule has 1 rings (SSSR count). The van der Waals surface area contributed by atoms with Gasteiger partial charge in [-0.3, -0.25) is 4.90 Å². The third-order valence-electron chi connectivity index (χ3n) is 3.23. The van der Waals surface area contributed by atoms with Gasteiger partial charge in [0.05, 0.1) is 0 Å². The predicted molar refractivity (Wildman–Crippen MR) is 75.0 cm³/mol. The van der Waals surface area contributed by atoms with Crippen LogP contribution in [-0.4, -0.2) is 40.6 Å². The normalized spacial score (nSPS) is 32.4. The van der Waals surface area contributed by atoms with E-state index in [1.54, 1.807) is 0 Å². The van der Waals surface area contributed by atoms with Crippen molar-refractivity contribution >= 4 is 11.8 Å². The molecule has 0 bridgehead atoms. The molecule has 0 aliphatic carbocycles. The first-order chi connectivity index (χ1) is 7.21. The fraction of sp³-hybridized carbons (Fsp3) is 1.00. The summed E-state index contributed by atoms with van der Waals surface area (Å²) >= 11 is 2.10. The van der Waals surface area contributed by atoms with E-state index in [0.29, 0.717) is 6.04 Å².